The maximum atomic E-state index is 11.9. The Kier molecular flexibility index (Phi) is 4.83. The second kappa shape index (κ2) is 6.80. The van der Waals surface area contributed by atoms with Crippen molar-refractivity contribution in [3.63, 3.8) is 0 Å². The molecule has 1 aromatic carbocycles. The first kappa shape index (κ1) is 15.6. The van der Waals surface area contributed by atoms with Crippen molar-refractivity contribution in [3.8, 4) is 6.07 Å². The molecule has 0 aliphatic carbocycles. The van der Waals surface area contributed by atoms with Crippen molar-refractivity contribution in [2.75, 3.05) is 5.32 Å². The molecule has 0 aliphatic rings. The van der Waals surface area contributed by atoms with Gasteiger partial charge in [-0.1, -0.05) is 17.7 Å². The first-order valence-corrected chi connectivity index (χ1v) is 7.03. The molecule has 1 N–H and O–H groups in total. The number of anilines is 1. The van der Waals surface area contributed by atoms with Crippen LogP contribution in [0.1, 0.15) is 5.56 Å². The molecule has 0 unspecified atom stereocenters. The summed E-state index contributed by atoms with van der Waals surface area (Å²) in [5, 5.41) is 24.4. The van der Waals surface area contributed by atoms with Crippen LogP contribution >= 0.6 is 22.9 Å². The van der Waals surface area contributed by atoms with Gasteiger partial charge in [0.2, 0.25) is 0 Å². The van der Waals surface area contributed by atoms with Gasteiger partial charge in [0.05, 0.1) is 4.92 Å². The molecule has 0 saturated carbocycles. The molecule has 0 bridgehead atoms. The Labute approximate surface area is 133 Å². The molecule has 0 saturated heterocycles. The molecule has 2 rings (SSSR count). The van der Waals surface area contributed by atoms with Gasteiger partial charge in [-0.15, -0.1) is 11.3 Å². The highest BCUT2D eigenvalue weighted by molar-refractivity contribution is 7.13. The van der Waals surface area contributed by atoms with E-state index >= 15 is 0 Å². The maximum Gasteiger partial charge on any atom is 0.288 e. The standard InChI is InChI=1S/C13H7ClN4O3S/c14-10-2-1-8(6-11(10)18(20)21)5-9(7-15)12(19)17-13-16-3-4-22-13/h1-6H,(H,16,17,19)/b9-5+. The lowest BCUT2D eigenvalue weighted by atomic mass is 10.1. The van der Waals surface area contributed by atoms with Gasteiger partial charge in [-0.25, -0.2) is 4.98 Å². The minimum atomic E-state index is -0.643. The Morgan fingerprint density at radius 1 is 1.55 bits per heavy atom. The number of amides is 1. The van der Waals surface area contributed by atoms with Crippen LogP contribution in [0.3, 0.4) is 0 Å². The number of carbonyl (C=O) groups is 1. The molecule has 7 nitrogen and oxygen atoms in total. The smallest absolute Gasteiger partial charge is 0.288 e. The summed E-state index contributed by atoms with van der Waals surface area (Å²) in [4.78, 5) is 26.0. The number of carbonyl (C=O) groups excluding carboxylic acids is 1. The summed E-state index contributed by atoms with van der Waals surface area (Å²) in [5.74, 6) is -0.643. The normalized spacial score (nSPS) is 10.8. The lowest BCUT2D eigenvalue weighted by molar-refractivity contribution is -0.384. The van der Waals surface area contributed by atoms with E-state index in [1.165, 1.54) is 41.8 Å². The van der Waals surface area contributed by atoms with E-state index in [1.54, 1.807) is 11.4 Å². The summed E-state index contributed by atoms with van der Waals surface area (Å²) in [6.07, 6.45) is 2.75. The molecule has 2 aromatic rings. The second-order valence-electron chi connectivity index (χ2n) is 3.93. The minimum absolute atomic E-state index is 0.0205. The van der Waals surface area contributed by atoms with Crippen LogP contribution in [0.15, 0.2) is 35.3 Å². The van der Waals surface area contributed by atoms with E-state index in [9.17, 15) is 14.9 Å². The van der Waals surface area contributed by atoms with E-state index < -0.39 is 10.8 Å². The highest BCUT2D eigenvalue weighted by Crippen LogP contribution is 2.26. The quantitative estimate of drug-likeness (QED) is 0.399. The van der Waals surface area contributed by atoms with E-state index in [1.807, 2.05) is 0 Å². The van der Waals surface area contributed by atoms with E-state index in [0.717, 1.165) is 0 Å². The Bertz CT molecular complexity index is 796. The number of halogens is 1. The monoisotopic (exact) mass is 334 g/mol. The summed E-state index contributed by atoms with van der Waals surface area (Å²) < 4.78 is 0. The molecular weight excluding hydrogens is 328 g/mol. The zero-order valence-electron chi connectivity index (χ0n) is 10.8. The number of rotatable bonds is 4. The van der Waals surface area contributed by atoms with Crippen LogP contribution in [0.2, 0.25) is 5.02 Å². The Balaban J connectivity index is 2.29. The molecule has 0 spiro atoms. The van der Waals surface area contributed by atoms with Gasteiger partial charge >= 0.3 is 0 Å². The lowest BCUT2D eigenvalue weighted by Crippen LogP contribution is -2.13. The van der Waals surface area contributed by atoms with Crippen LogP contribution < -0.4 is 5.32 Å². The van der Waals surface area contributed by atoms with Crippen LogP contribution in [0.5, 0.6) is 0 Å². The average Bonchev–Trinajstić information content (AvgIpc) is 2.98. The van der Waals surface area contributed by atoms with Crippen molar-refractivity contribution in [1.82, 2.24) is 4.98 Å². The van der Waals surface area contributed by atoms with E-state index in [-0.39, 0.29) is 16.3 Å². The Morgan fingerprint density at radius 3 is 2.91 bits per heavy atom. The zero-order valence-corrected chi connectivity index (χ0v) is 12.4. The van der Waals surface area contributed by atoms with Crippen molar-refractivity contribution in [2.45, 2.75) is 0 Å². The van der Waals surface area contributed by atoms with Gasteiger partial charge in [0.15, 0.2) is 5.13 Å². The van der Waals surface area contributed by atoms with Gasteiger partial charge in [-0.3, -0.25) is 20.2 Å². The van der Waals surface area contributed by atoms with Gasteiger partial charge in [0.1, 0.15) is 16.7 Å². The number of nitrogens with zero attached hydrogens (tertiary/aromatic N) is 3. The molecule has 1 heterocycles. The molecule has 22 heavy (non-hydrogen) atoms. The van der Waals surface area contributed by atoms with Crippen molar-refractivity contribution in [1.29, 1.82) is 5.26 Å². The first-order chi connectivity index (χ1) is 10.5. The number of benzene rings is 1. The van der Waals surface area contributed by atoms with Crippen molar-refractivity contribution in [2.24, 2.45) is 0 Å². The summed E-state index contributed by atoms with van der Waals surface area (Å²) in [5.41, 5.74) is -0.179. The molecular formula is C13H7ClN4O3S. The Morgan fingerprint density at radius 2 is 2.32 bits per heavy atom. The second-order valence-corrected chi connectivity index (χ2v) is 5.23. The summed E-state index contributed by atoms with van der Waals surface area (Å²) >= 11 is 6.91. The van der Waals surface area contributed by atoms with Crippen LogP contribution in [-0.2, 0) is 4.79 Å². The molecule has 110 valence electrons. The number of nitrogens with one attached hydrogen (secondary N) is 1. The molecule has 1 amide bonds. The molecule has 1 aromatic heterocycles. The highest BCUT2D eigenvalue weighted by atomic mass is 35.5. The van der Waals surface area contributed by atoms with E-state index in [0.29, 0.717) is 10.7 Å². The number of hydrogen-bond donors (Lipinski definition) is 1. The van der Waals surface area contributed by atoms with Gasteiger partial charge in [0.25, 0.3) is 11.6 Å². The van der Waals surface area contributed by atoms with Crippen LogP contribution in [-0.4, -0.2) is 15.8 Å². The minimum Gasteiger partial charge on any atom is -0.297 e. The molecule has 0 fully saturated rings. The topological polar surface area (TPSA) is 109 Å². The molecule has 9 heteroatoms. The number of nitriles is 1. The molecule has 0 atom stereocenters. The van der Waals surface area contributed by atoms with Crippen molar-refractivity contribution < 1.29 is 9.72 Å². The number of aromatic nitrogens is 1. The number of nitro groups is 1. The van der Waals surface area contributed by atoms with Crippen molar-refractivity contribution in [3.05, 3.63) is 56.0 Å². The molecule has 0 aliphatic heterocycles. The highest BCUT2D eigenvalue weighted by Gasteiger charge is 2.14. The fraction of sp³-hybridized carbons (Fsp3) is 0. The summed E-state index contributed by atoms with van der Waals surface area (Å²) in [7, 11) is 0. The van der Waals surface area contributed by atoms with Gasteiger partial charge in [0, 0.05) is 17.6 Å². The first-order valence-electron chi connectivity index (χ1n) is 5.78. The van der Waals surface area contributed by atoms with Crippen LogP contribution in [0.4, 0.5) is 10.8 Å². The number of thiazole rings is 1. The fourth-order valence-electron chi connectivity index (χ4n) is 1.52. The van der Waals surface area contributed by atoms with E-state index in [2.05, 4.69) is 10.3 Å². The third-order valence-corrected chi connectivity index (χ3v) is 3.50. The van der Waals surface area contributed by atoms with Crippen LogP contribution in [0.25, 0.3) is 6.08 Å². The SMILES string of the molecule is N#C/C(=C\c1ccc(Cl)c([N+](=O)[O-])c1)C(=O)Nc1nccs1. The summed E-state index contributed by atoms with van der Waals surface area (Å²) in [6, 6.07) is 5.75. The summed E-state index contributed by atoms with van der Waals surface area (Å²) in [6.45, 7) is 0. The average molecular weight is 335 g/mol. The maximum absolute atomic E-state index is 11.9. The van der Waals surface area contributed by atoms with Gasteiger partial charge in [-0.05, 0) is 17.7 Å². The third-order valence-electron chi connectivity index (χ3n) is 2.50. The largest absolute Gasteiger partial charge is 0.297 e. The predicted molar refractivity (Wildman–Crippen MR) is 82.4 cm³/mol. The number of nitro benzene ring substituents is 1. The van der Waals surface area contributed by atoms with Gasteiger partial charge in [-0.2, -0.15) is 5.26 Å². The van der Waals surface area contributed by atoms with Gasteiger partial charge < -0.3 is 0 Å². The number of hydrogen-bond acceptors (Lipinski definition) is 6. The van der Waals surface area contributed by atoms with Crippen LogP contribution in [0, 0.1) is 21.4 Å². The zero-order chi connectivity index (χ0) is 16.1. The third kappa shape index (κ3) is 3.66. The van der Waals surface area contributed by atoms with Crippen molar-refractivity contribution >= 4 is 45.7 Å². The fourth-order valence-corrected chi connectivity index (χ4v) is 2.23. The Hall–Kier alpha value is -2.76. The lowest BCUT2D eigenvalue weighted by Gasteiger charge is -2.01. The van der Waals surface area contributed by atoms with E-state index in [4.69, 9.17) is 16.9 Å². The molecule has 0 radical (unpaired) electrons. The predicted octanol–water partition coefficient (Wildman–Crippen LogP) is 3.25.